The lowest BCUT2D eigenvalue weighted by atomic mass is 9.90. The van der Waals surface area contributed by atoms with Crippen LogP contribution >= 0.6 is 15.9 Å². The largest absolute Gasteiger partial charge is 0.0622 e. The molecule has 5 aromatic carbocycles. The zero-order chi connectivity index (χ0) is 18.2. The van der Waals surface area contributed by atoms with Gasteiger partial charge in [-0.1, -0.05) is 94.8 Å². The first-order chi connectivity index (χ1) is 13.3. The Kier molecular flexibility index (Phi) is 4.03. The summed E-state index contributed by atoms with van der Waals surface area (Å²) < 4.78 is 1.09. The van der Waals surface area contributed by atoms with Crippen LogP contribution in [0.1, 0.15) is 0 Å². The number of hydrogen-bond acceptors (Lipinski definition) is 0. The molecule has 0 heterocycles. The fourth-order valence-corrected chi connectivity index (χ4v) is 4.35. The van der Waals surface area contributed by atoms with Gasteiger partial charge in [-0.15, -0.1) is 0 Å². The van der Waals surface area contributed by atoms with Crippen molar-refractivity contribution in [3.63, 3.8) is 0 Å². The summed E-state index contributed by atoms with van der Waals surface area (Å²) in [4.78, 5) is 0. The van der Waals surface area contributed by atoms with E-state index in [1.807, 2.05) is 0 Å². The third-order valence-corrected chi connectivity index (χ3v) is 5.52. The van der Waals surface area contributed by atoms with Gasteiger partial charge in [0.05, 0.1) is 0 Å². The second-order valence-corrected chi connectivity index (χ2v) is 7.70. The maximum atomic E-state index is 3.74. The van der Waals surface area contributed by atoms with E-state index in [0.29, 0.717) is 0 Å². The molecule has 128 valence electrons. The summed E-state index contributed by atoms with van der Waals surface area (Å²) in [5.41, 5.74) is 4.97. The summed E-state index contributed by atoms with van der Waals surface area (Å²) in [5.74, 6) is 0. The lowest BCUT2D eigenvalue weighted by molar-refractivity contribution is 1.58. The summed E-state index contributed by atoms with van der Waals surface area (Å²) in [6.07, 6.45) is 0. The molecule has 0 aliphatic heterocycles. The van der Waals surface area contributed by atoms with Crippen LogP contribution in [0, 0.1) is 0 Å². The van der Waals surface area contributed by atoms with Crippen molar-refractivity contribution < 1.29 is 0 Å². The topological polar surface area (TPSA) is 0 Å². The van der Waals surface area contributed by atoms with E-state index in [1.54, 1.807) is 0 Å². The Morgan fingerprint density at radius 2 is 1.00 bits per heavy atom. The zero-order valence-corrected chi connectivity index (χ0v) is 16.3. The van der Waals surface area contributed by atoms with Crippen LogP contribution in [0.15, 0.2) is 108 Å². The van der Waals surface area contributed by atoms with E-state index in [4.69, 9.17) is 0 Å². The molecule has 5 rings (SSSR count). The maximum Gasteiger partial charge on any atom is 0.0187 e. The lowest BCUT2D eigenvalue weighted by Crippen LogP contribution is -1.87. The monoisotopic (exact) mass is 408 g/mol. The van der Waals surface area contributed by atoms with E-state index < -0.39 is 0 Å². The highest BCUT2D eigenvalue weighted by atomic mass is 79.9. The molecule has 0 radical (unpaired) electrons. The smallest absolute Gasteiger partial charge is 0.0187 e. The summed E-state index contributed by atoms with van der Waals surface area (Å²) in [6, 6.07) is 36.8. The quantitative estimate of drug-likeness (QED) is 0.259. The van der Waals surface area contributed by atoms with Gasteiger partial charge in [0.15, 0.2) is 0 Å². The van der Waals surface area contributed by atoms with Crippen LogP contribution < -0.4 is 0 Å². The van der Waals surface area contributed by atoms with Crippen LogP contribution in [-0.4, -0.2) is 0 Å². The van der Waals surface area contributed by atoms with Crippen molar-refractivity contribution in [2.75, 3.05) is 0 Å². The van der Waals surface area contributed by atoms with Gasteiger partial charge in [0.25, 0.3) is 0 Å². The predicted molar refractivity (Wildman–Crippen MR) is 120 cm³/mol. The minimum absolute atomic E-state index is 1.09. The van der Waals surface area contributed by atoms with Crippen LogP contribution in [0.25, 0.3) is 43.8 Å². The van der Waals surface area contributed by atoms with Gasteiger partial charge >= 0.3 is 0 Å². The highest BCUT2D eigenvalue weighted by Crippen LogP contribution is 2.39. The van der Waals surface area contributed by atoms with Crippen molar-refractivity contribution in [3.8, 4) is 22.3 Å². The Morgan fingerprint density at radius 3 is 1.67 bits per heavy atom. The number of fused-ring (bicyclic) bond motifs is 2. The van der Waals surface area contributed by atoms with Gasteiger partial charge in [-0.2, -0.15) is 0 Å². The van der Waals surface area contributed by atoms with Crippen molar-refractivity contribution in [3.05, 3.63) is 108 Å². The fraction of sp³-hybridized carbons (Fsp3) is 0. The highest BCUT2D eigenvalue weighted by Gasteiger charge is 2.11. The van der Waals surface area contributed by atoms with Crippen LogP contribution in [0.4, 0.5) is 0 Å². The van der Waals surface area contributed by atoms with E-state index in [0.717, 1.165) is 4.47 Å². The van der Waals surface area contributed by atoms with Gasteiger partial charge in [-0.05, 0) is 68.1 Å². The summed E-state index contributed by atoms with van der Waals surface area (Å²) in [6.45, 7) is 0. The van der Waals surface area contributed by atoms with Gasteiger partial charge < -0.3 is 0 Å². The van der Waals surface area contributed by atoms with E-state index >= 15 is 0 Å². The molecular weight excluding hydrogens is 392 g/mol. The Balaban J connectivity index is 1.87. The molecule has 0 saturated heterocycles. The molecule has 0 bridgehead atoms. The zero-order valence-electron chi connectivity index (χ0n) is 14.7. The first kappa shape index (κ1) is 16.3. The summed E-state index contributed by atoms with van der Waals surface area (Å²) >= 11 is 3.74. The van der Waals surface area contributed by atoms with Crippen LogP contribution in [0.3, 0.4) is 0 Å². The minimum Gasteiger partial charge on any atom is -0.0622 e. The maximum absolute atomic E-state index is 3.74. The third kappa shape index (κ3) is 2.94. The molecule has 0 N–H and O–H groups in total. The van der Waals surface area contributed by atoms with Gasteiger partial charge in [0.1, 0.15) is 0 Å². The molecule has 1 heteroatoms. The average Bonchev–Trinajstić information content (AvgIpc) is 2.72. The Hall–Kier alpha value is -2.90. The molecule has 5 aromatic rings. The van der Waals surface area contributed by atoms with Crippen molar-refractivity contribution in [1.82, 2.24) is 0 Å². The van der Waals surface area contributed by atoms with Crippen molar-refractivity contribution in [2.24, 2.45) is 0 Å². The number of rotatable bonds is 2. The normalized spacial score (nSPS) is 11.1. The fourth-order valence-electron chi connectivity index (χ4n) is 3.86. The summed E-state index contributed by atoms with van der Waals surface area (Å²) in [5, 5.41) is 5.11. The van der Waals surface area contributed by atoms with Crippen LogP contribution in [-0.2, 0) is 0 Å². The van der Waals surface area contributed by atoms with Crippen molar-refractivity contribution >= 4 is 37.5 Å². The second kappa shape index (κ2) is 6.68. The van der Waals surface area contributed by atoms with E-state index in [2.05, 4.69) is 119 Å². The molecule has 0 aliphatic rings. The molecule has 0 fully saturated rings. The third-order valence-electron chi connectivity index (χ3n) is 5.06. The lowest BCUT2D eigenvalue weighted by Gasteiger charge is -2.14. The van der Waals surface area contributed by atoms with Gasteiger partial charge in [-0.3, -0.25) is 0 Å². The second-order valence-electron chi connectivity index (χ2n) is 6.79. The Morgan fingerprint density at radius 1 is 0.444 bits per heavy atom. The number of hydrogen-bond donors (Lipinski definition) is 0. The number of benzene rings is 5. The molecule has 0 nitrogen and oxygen atoms in total. The van der Waals surface area contributed by atoms with Crippen molar-refractivity contribution in [2.45, 2.75) is 0 Å². The average molecular weight is 409 g/mol. The molecule has 0 unspecified atom stereocenters. The van der Waals surface area contributed by atoms with E-state index in [1.165, 1.54) is 43.8 Å². The van der Waals surface area contributed by atoms with Gasteiger partial charge in [0, 0.05) is 4.47 Å². The van der Waals surface area contributed by atoms with Gasteiger partial charge in [0.2, 0.25) is 0 Å². The highest BCUT2D eigenvalue weighted by molar-refractivity contribution is 9.10. The first-order valence-corrected chi connectivity index (χ1v) is 9.86. The molecule has 0 saturated carbocycles. The van der Waals surface area contributed by atoms with Crippen molar-refractivity contribution in [1.29, 1.82) is 0 Å². The molecule has 0 aliphatic carbocycles. The Labute approximate surface area is 167 Å². The Bertz CT molecular complexity index is 1220. The SMILES string of the molecule is Brc1cc(-c2ccccc2)cc(-c2c3ccccc3cc3ccccc23)c1. The standard InChI is InChI=1S/C26H17Br/c27-23-16-21(18-8-2-1-3-9-18)15-22(17-23)26-24-12-6-4-10-19(24)14-20-11-5-7-13-25(20)26/h1-17H. The summed E-state index contributed by atoms with van der Waals surface area (Å²) in [7, 11) is 0. The molecule has 0 aromatic heterocycles. The first-order valence-electron chi connectivity index (χ1n) is 9.06. The molecule has 27 heavy (non-hydrogen) atoms. The van der Waals surface area contributed by atoms with E-state index in [9.17, 15) is 0 Å². The van der Waals surface area contributed by atoms with Crippen LogP contribution in [0.5, 0.6) is 0 Å². The van der Waals surface area contributed by atoms with E-state index in [-0.39, 0.29) is 0 Å². The molecular formula is C26H17Br. The molecule has 0 spiro atoms. The van der Waals surface area contributed by atoms with Gasteiger partial charge in [-0.25, -0.2) is 0 Å². The minimum atomic E-state index is 1.09. The number of halogens is 1. The molecule has 0 atom stereocenters. The predicted octanol–water partition coefficient (Wildman–Crippen LogP) is 8.09. The van der Waals surface area contributed by atoms with Crippen LogP contribution in [0.2, 0.25) is 0 Å². The molecule has 0 amide bonds.